The van der Waals surface area contributed by atoms with Gasteiger partial charge in [-0.1, -0.05) is 155 Å². The van der Waals surface area contributed by atoms with Gasteiger partial charge >= 0.3 is 17.9 Å². The summed E-state index contributed by atoms with van der Waals surface area (Å²) in [5.41, 5.74) is 0. The zero-order valence-corrected chi connectivity index (χ0v) is 29.9. The van der Waals surface area contributed by atoms with Gasteiger partial charge in [0.25, 0.3) is 0 Å². The fourth-order valence-electron chi connectivity index (χ4n) is 5.32. The molecule has 0 fully saturated rings. The predicted molar refractivity (Wildman–Crippen MR) is 187 cm³/mol. The summed E-state index contributed by atoms with van der Waals surface area (Å²) in [6.45, 7) is 6.49. The molecule has 0 amide bonds. The van der Waals surface area contributed by atoms with Crippen LogP contribution < -0.4 is 0 Å². The van der Waals surface area contributed by atoms with E-state index in [9.17, 15) is 14.4 Å². The summed E-state index contributed by atoms with van der Waals surface area (Å²) in [5, 5.41) is 0. The molecule has 6 nitrogen and oxygen atoms in total. The molecule has 0 spiro atoms. The van der Waals surface area contributed by atoms with E-state index in [1.54, 1.807) is 0 Å². The molecule has 6 heteroatoms. The van der Waals surface area contributed by atoms with Crippen LogP contribution in [0.4, 0.5) is 0 Å². The third-order valence-corrected chi connectivity index (χ3v) is 8.25. The van der Waals surface area contributed by atoms with Gasteiger partial charge in [-0.25, -0.2) is 0 Å². The van der Waals surface area contributed by atoms with E-state index in [2.05, 4.69) is 32.9 Å². The van der Waals surface area contributed by atoms with Crippen molar-refractivity contribution in [2.24, 2.45) is 0 Å². The lowest BCUT2D eigenvalue weighted by molar-refractivity contribution is -0.167. The first-order chi connectivity index (χ1) is 22.0. The second-order valence-corrected chi connectivity index (χ2v) is 12.8. The normalized spacial score (nSPS) is 12.0. The van der Waals surface area contributed by atoms with Crippen LogP contribution in [0.5, 0.6) is 0 Å². The van der Waals surface area contributed by atoms with Crippen molar-refractivity contribution < 1.29 is 28.6 Å². The molecule has 0 radical (unpaired) electrons. The Kier molecular flexibility index (Phi) is 33.6. The van der Waals surface area contributed by atoms with Crippen molar-refractivity contribution in [1.29, 1.82) is 0 Å². The van der Waals surface area contributed by atoms with Gasteiger partial charge in [-0.05, 0) is 38.5 Å². The van der Waals surface area contributed by atoms with Gasteiger partial charge in [0.2, 0.25) is 0 Å². The quantitative estimate of drug-likeness (QED) is 0.0303. The highest BCUT2D eigenvalue weighted by Crippen LogP contribution is 2.13. The number of hydrogen-bond acceptors (Lipinski definition) is 6. The van der Waals surface area contributed by atoms with E-state index in [-0.39, 0.29) is 31.1 Å². The monoisotopic (exact) mass is 637 g/mol. The smallest absolute Gasteiger partial charge is 0.306 e. The molecule has 0 aromatic rings. The van der Waals surface area contributed by atoms with E-state index in [0.717, 1.165) is 70.6 Å². The van der Waals surface area contributed by atoms with Crippen molar-refractivity contribution in [3.63, 3.8) is 0 Å². The molecule has 0 aliphatic rings. The van der Waals surface area contributed by atoms with Gasteiger partial charge in [0.05, 0.1) is 0 Å². The average Bonchev–Trinajstić information content (AvgIpc) is 3.03. The van der Waals surface area contributed by atoms with Crippen LogP contribution in [0.15, 0.2) is 12.2 Å². The number of esters is 3. The molecule has 0 rings (SSSR count). The highest BCUT2D eigenvalue weighted by molar-refractivity contribution is 5.71. The second kappa shape index (κ2) is 35.0. The van der Waals surface area contributed by atoms with E-state index in [1.807, 2.05) is 0 Å². The lowest BCUT2D eigenvalue weighted by Gasteiger charge is -2.18. The molecule has 0 aliphatic carbocycles. The van der Waals surface area contributed by atoms with Gasteiger partial charge in [0, 0.05) is 19.3 Å². The van der Waals surface area contributed by atoms with Crippen molar-refractivity contribution in [3.8, 4) is 0 Å². The number of allylic oxidation sites excluding steroid dienone is 2. The van der Waals surface area contributed by atoms with Crippen molar-refractivity contribution >= 4 is 17.9 Å². The number of carbonyl (C=O) groups excluding carboxylic acids is 3. The van der Waals surface area contributed by atoms with E-state index in [1.165, 1.54) is 89.9 Å². The van der Waals surface area contributed by atoms with E-state index >= 15 is 0 Å². The molecule has 1 atom stereocenters. The standard InChI is InChI=1S/C39H72O6/c1-4-7-10-13-16-18-20-23-26-29-32-38(41)44-35-36(34-43-37(40)31-28-25-22-15-12-9-6-3)45-39(42)33-30-27-24-21-19-17-14-11-8-5-2/h10,13,36H,4-9,11-12,14-35H2,1-3H3/b13-10-. The van der Waals surface area contributed by atoms with Crippen molar-refractivity contribution in [2.75, 3.05) is 13.2 Å². The van der Waals surface area contributed by atoms with Crippen molar-refractivity contribution in [3.05, 3.63) is 12.2 Å². The maximum absolute atomic E-state index is 12.6. The van der Waals surface area contributed by atoms with Crippen LogP contribution in [0, 0.1) is 0 Å². The fourth-order valence-corrected chi connectivity index (χ4v) is 5.32. The van der Waals surface area contributed by atoms with Gasteiger partial charge in [-0.15, -0.1) is 0 Å². The highest BCUT2D eigenvalue weighted by Gasteiger charge is 2.19. The number of carbonyl (C=O) groups is 3. The molecule has 1 unspecified atom stereocenters. The zero-order chi connectivity index (χ0) is 33.1. The lowest BCUT2D eigenvalue weighted by atomic mass is 10.1. The Morgan fingerprint density at radius 3 is 1.20 bits per heavy atom. The molecule has 264 valence electrons. The minimum atomic E-state index is -0.761. The molecule has 45 heavy (non-hydrogen) atoms. The summed E-state index contributed by atoms with van der Waals surface area (Å²) in [7, 11) is 0. The molecule has 0 aliphatic heterocycles. The first-order valence-electron chi connectivity index (χ1n) is 19.2. The second-order valence-electron chi connectivity index (χ2n) is 12.8. The Balaban J connectivity index is 4.35. The van der Waals surface area contributed by atoms with Gasteiger partial charge in [-0.2, -0.15) is 0 Å². The number of rotatable bonds is 34. The molecule has 0 aromatic carbocycles. The number of ether oxygens (including phenoxy) is 3. The summed E-state index contributed by atoms with van der Waals surface area (Å²) >= 11 is 0. The summed E-state index contributed by atoms with van der Waals surface area (Å²) in [6.07, 6.45) is 33.5. The fraction of sp³-hybridized carbons (Fsp3) is 0.872. The van der Waals surface area contributed by atoms with E-state index in [4.69, 9.17) is 14.2 Å². The molecule has 0 saturated heterocycles. The Morgan fingerprint density at radius 2 is 0.778 bits per heavy atom. The zero-order valence-electron chi connectivity index (χ0n) is 29.9. The summed E-state index contributed by atoms with van der Waals surface area (Å²) in [4.78, 5) is 37.2. The summed E-state index contributed by atoms with van der Waals surface area (Å²) < 4.78 is 16.5. The largest absolute Gasteiger partial charge is 0.462 e. The third kappa shape index (κ3) is 33.3. The SMILES string of the molecule is CCC/C=C\CCCCCCCC(=O)OCC(COC(=O)CCCCCCCCC)OC(=O)CCCCCCCCCCCC. The molecule has 0 aromatic heterocycles. The van der Waals surface area contributed by atoms with Crippen molar-refractivity contribution in [2.45, 2.75) is 207 Å². The highest BCUT2D eigenvalue weighted by atomic mass is 16.6. The third-order valence-electron chi connectivity index (χ3n) is 8.25. The minimum absolute atomic E-state index is 0.0704. The summed E-state index contributed by atoms with van der Waals surface area (Å²) in [6, 6.07) is 0. The average molecular weight is 637 g/mol. The number of hydrogen-bond donors (Lipinski definition) is 0. The van der Waals surface area contributed by atoms with Crippen LogP contribution in [0.3, 0.4) is 0 Å². The van der Waals surface area contributed by atoms with E-state index < -0.39 is 6.10 Å². The Hall–Kier alpha value is -1.85. The Labute approximate surface area is 278 Å². The van der Waals surface area contributed by atoms with Gasteiger partial charge in [0.15, 0.2) is 6.10 Å². The van der Waals surface area contributed by atoms with Gasteiger partial charge in [0.1, 0.15) is 13.2 Å². The lowest BCUT2D eigenvalue weighted by Crippen LogP contribution is -2.30. The summed E-state index contributed by atoms with van der Waals surface area (Å²) in [5.74, 6) is -0.891. The number of unbranched alkanes of at least 4 members (excludes halogenated alkanes) is 21. The molecule has 0 heterocycles. The van der Waals surface area contributed by atoms with Crippen molar-refractivity contribution in [1.82, 2.24) is 0 Å². The van der Waals surface area contributed by atoms with Crippen LogP contribution in [-0.4, -0.2) is 37.2 Å². The van der Waals surface area contributed by atoms with E-state index in [0.29, 0.717) is 19.3 Å². The first-order valence-corrected chi connectivity index (χ1v) is 19.2. The van der Waals surface area contributed by atoms with Crippen LogP contribution >= 0.6 is 0 Å². The predicted octanol–water partition coefficient (Wildman–Crippen LogP) is 11.5. The molecular weight excluding hydrogens is 564 g/mol. The minimum Gasteiger partial charge on any atom is -0.462 e. The van der Waals surface area contributed by atoms with Gasteiger partial charge < -0.3 is 14.2 Å². The Morgan fingerprint density at radius 1 is 0.422 bits per heavy atom. The molecule has 0 N–H and O–H groups in total. The Bertz CT molecular complexity index is 704. The van der Waals surface area contributed by atoms with Crippen LogP contribution in [0.2, 0.25) is 0 Å². The van der Waals surface area contributed by atoms with Crippen LogP contribution in [0.1, 0.15) is 201 Å². The topological polar surface area (TPSA) is 78.9 Å². The molecule has 0 bridgehead atoms. The maximum Gasteiger partial charge on any atom is 0.306 e. The van der Waals surface area contributed by atoms with Crippen LogP contribution in [-0.2, 0) is 28.6 Å². The first kappa shape index (κ1) is 43.1. The van der Waals surface area contributed by atoms with Crippen LogP contribution in [0.25, 0.3) is 0 Å². The maximum atomic E-state index is 12.6. The molecular formula is C39H72O6. The van der Waals surface area contributed by atoms with Gasteiger partial charge in [-0.3, -0.25) is 14.4 Å². The molecule has 0 saturated carbocycles.